The van der Waals surface area contributed by atoms with Crippen molar-refractivity contribution in [1.82, 2.24) is 19.8 Å². The normalized spacial score (nSPS) is 22.2. The number of hydrogen-bond donors (Lipinski definition) is 1. The fourth-order valence-electron chi connectivity index (χ4n) is 9.92. The topological polar surface area (TPSA) is 124 Å². The molecule has 0 saturated carbocycles. The minimum atomic E-state index is -0.966. The number of piperazine rings is 1. The SMILES string of the molecule is N#Cc1ccccc1Oc1cc2c(N3C[C@H]4CC[C@@H](C3)N4C(=O)O)nc(OC[C@@]34CCCN3C[C@H](F)C4)nc2c(F)c1-c1cc(OCc2ccccc2)cc2ccccc12. The number of amides is 1. The molecular formula is C47H42F2N6O5. The minimum Gasteiger partial charge on any atom is -0.489 e. The third-order valence-electron chi connectivity index (χ3n) is 12.7. The zero-order valence-corrected chi connectivity index (χ0v) is 32.8. The van der Waals surface area contributed by atoms with Crippen molar-refractivity contribution in [2.24, 2.45) is 0 Å². The van der Waals surface area contributed by atoms with Gasteiger partial charge in [-0.3, -0.25) is 9.80 Å². The summed E-state index contributed by atoms with van der Waals surface area (Å²) in [4.78, 5) is 27.7. The molecule has 11 nitrogen and oxygen atoms in total. The lowest BCUT2D eigenvalue weighted by Gasteiger charge is -2.40. The van der Waals surface area contributed by atoms with E-state index in [0.29, 0.717) is 61.4 Å². The average molecular weight is 809 g/mol. The van der Waals surface area contributed by atoms with Crippen LogP contribution in [0.25, 0.3) is 32.8 Å². The molecule has 0 unspecified atom stereocenters. The number of fused-ring (bicyclic) bond motifs is 5. The van der Waals surface area contributed by atoms with Gasteiger partial charge in [0.05, 0.1) is 28.7 Å². The van der Waals surface area contributed by atoms with E-state index in [2.05, 4.69) is 11.0 Å². The number of nitrogens with zero attached hydrogens (tertiary/aromatic N) is 6. The number of para-hydroxylation sites is 1. The van der Waals surface area contributed by atoms with E-state index in [4.69, 9.17) is 24.2 Å². The first-order chi connectivity index (χ1) is 29.3. The van der Waals surface area contributed by atoms with Crippen LogP contribution in [0.3, 0.4) is 0 Å². The van der Waals surface area contributed by atoms with Gasteiger partial charge in [-0.05, 0) is 84.5 Å². The highest BCUT2D eigenvalue weighted by Gasteiger charge is 2.50. The summed E-state index contributed by atoms with van der Waals surface area (Å²) in [6.45, 7) is 2.22. The summed E-state index contributed by atoms with van der Waals surface area (Å²) in [5, 5.41) is 22.0. The Morgan fingerprint density at radius 2 is 1.67 bits per heavy atom. The van der Waals surface area contributed by atoms with Gasteiger partial charge in [-0.25, -0.2) is 13.6 Å². The number of carboxylic acid groups (broad SMARTS) is 1. The number of ether oxygens (including phenoxy) is 3. The van der Waals surface area contributed by atoms with Crippen LogP contribution in [0.15, 0.2) is 97.1 Å². The van der Waals surface area contributed by atoms with Crippen molar-refractivity contribution in [2.45, 2.75) is 62.5 Å². The van der Waals surface area contributed by atoms with Gasteiger partial charge in [0, 0.05) is 31.4 Å². The average Bonchev–Trinajstić information content (AvgIpc) is 3.89. The van der Waals surface area contributed by atoms with Crippen LogP contribution in [0.4, 0.5) is 19.4 Å². The molecule has 1 amide bonds. The Hall–Kier alpha value is -6.52. The number of aromatic nitrogens is 2. The van der Waals surface area contributed by atoms with Gasteiger partial charge in [-0.15, -0.1) is 0 Å². The van der Waals surface area contributed by atoms with Crippen LogP contribution in [0.1, 0.15) is 43.2 Å². The van der Waals surface area contributed by atoms with Crippen molar-refractivity contribution in [2.75, 3.05) is 37.7 Å². The lowest BCUT2D eigenvalue weighted by molar-refractivity contribution is 0.107. The maximum absolute atomic E-state index is 18.2. The molecule has 13 heteroatoms. The van der Waals surface area contributed by atoms with Gasteiger partial charge >= 0.3 is 12.1 Å². The summed E-state index contributed by atoms with van der Waals surface area (Å²) in [6.07, 6.45) is 1.49. The van der Waals surface area contributed by atoms with Crippen molar-refractivity contribution in [3.05, 3.63) is 114 Å². The maximum atomic E-state index is 18.2. The fourth-order valence-corrected chi connectivity index (χ4v) is 9.92. The largest absolute Gasteiger partial charge is 0.489 e. The molecular weight excluding hydrogens is 767 g/mol. The number of alkyl halides is 1. The lowest BCUT2D eigenvalue weighted by atomic mass is 9.95. The van der Waals surface area contributed by atoms with Gasteiger partial charge in [0.1, 0.15) is 54.0 Å². The molecule has 2 bridgehead atoms. The van der Waals surface area contributed by atoms with Crippen LogP contribution in [-0.4, -0.2) is 87.5 Å². The van der Waals surface area contributed by atoms with E-state index < -0.39 is 23.6 Å². The van der Waals surface area contributed by atoms with Crippen LogP contribution >= 0.6 is 0 Å². The third kappa shape index (κ3) is 6.74. The summed E-state index contributed by atoms with van der Waals surface area (Å²) >= 11 is 0. The van der Waals surface area contributed by atoms with Crippen molar-refractivity contribution >= 4 is 33.6 Å². The molecule has 4 atom stereocenters. The van der Waals surface area contributed by atoms with E-state index in [1.807, 2.05) is 65.6 Å². The summed E-state index contributed by atoms with van der Waals surface area (Å²) in [6, 6.07) is 31.2. The first kappa shape index (κ1) is 37.7. The Kier molecular flexibility index (Phi) is 9.59. The van der Waals surface area contributed by atoms with E-state index in [0.717, 1.165) is 35.7 Å². The molecule has 4 saturated heterocycles. The van der Waals surface area contributed by atoms with Gasteiger partial charge in [-0.2, -0.15) is 15.2 Å². The molecule has 4 aliphatic heterocycles. The second-order valence-corrected chi connectivity index (χ2v) is 16.3. The van der Waals surface area contributed by atoms with E-state index in [-0.39, 0.29) is 59.5 Å². The van der Waals surface area contributed by atoms with Crippen LogP contribution in [-0.2, 0) is 6.61 Å². The monoisotopic (exact) mass is 808 g/mol. The third-order valence-corrected chi connectivity index (χ3v) is 12.7. The summed E-state index contributed by atoms with van der Waals surface area (Å²) < 4.78 is 52.3. The van der Waals surface area contributed by atoms with Gasteiger partial charge < -0.3 is 24.2 Å². The number of halogens is 2. The number of rotatable bonds is 10. The molecule has 6 aromatic rings. The Balaban J connectivity index is 1.16. The molecule has 10 rings (SSSR count). The van der Waals surface area contributed by atoms with Crippen LogP contribution in [0.2, 0.25) is 0 Å². The number of hydrogen-bond acceptors (Lipinski definition) is 9. The van der Waals surface area contributed by atoms with Crippen molar-refractivity contribution < 1.29 is 32.9 Å². The van der Waals surface area contributed by atoms with E-state index >= 15 is 4.39 Å². The molecule has 5 heterocycles. The molecule has 0 aliphatic carbocycles. The molecule has 0 radical (unpaired) electrons. The summed E-state index contributed by atoms with van der Waals surface area (Å²) in [5.41, 5.74) is 1.29. The number of carbonyl (C=O) groups is 1. The molecule has 4 aliphatic rings. The van der Waals surface area contributed by atoms with E-state index in [9.17, 15) is 19.6 Å². The lowest BCUT2D eigenvalue weighted by Crippen LogP contribution is -2.55. The highest BCUT2D eigenvalue weighted by atomic mass is 19.1. The molecule has 304 valence electrons. The van der Waals surface area contributed by atoms with Crippen molar-refractivity contribution in [3.8, 4) is 40.5 Å². The van der Waals surface area contributed by atoms with E-state index in [1.165, 1.54) is 4.90 Å². The van der Waals surface area contributed by atoms with Crippen LogP contribution < -0.4 is 19.1 Å². The summed E-state index contributed by atoms with van der Waals surface area (Å²) in [7, 11) is 0. The molecule has 1 aromatic heterocycles. The standard InChI is InChI=1S/C47H42F2N6O5/c48-32-22-47(17-8-18-54(47)24-32)28-59-45-51-43-38(44(52-45)53-25-33-15-16-34(26-53)55(33)46(56)57)21-40(60-39-14-7-5-12-31(39)23-50)41(42(43)49)37-20-35(19-30-11-4-6-13-36(30)37)58-27-29-9-2-1-3-10-29/h1-7,9-14,19-21,32-34H,8,15-18,22,24-28H2,(H,56,57)/t32-,33-,34+,47+/m1/s1. The zero-order chi connectivity index (χ0) is 41.0. The van der Waals surface area contributed by atoms with E-state index in [1.54, 1.807) is 36.4 Å². The Bertz CT molecular complexity index is 2660. The highest BCUT2D eigenvalue weighted by Crippen LogP contribution is 2.47. The molecule has 1 N–H and O–H groups in total. The van der Waals surface area contributed by atoms with Crippen LogP contribution in [0, 0.1) is 17.1 Å². The molecule has 5 aromatic carbocycles. The molecule has 60 heavy (non-hydrogen) atoms. The van der Waals surface area contributed by atoms with Gasteiger partial charge in [0.15, 0.2) is 5.82 Å². The second kappa shape index (κ2) is 15.3. The Labute approximate surface area is 345 Å². The predicted molar refractivity (Wildman–Crippen MR) is 222 cm³/mol. The number of benzene rings is 5. The van der Waals surface area contributed by atoms with Gasteiger partial charge in [0.2, 0.25) is 0 Å². The quantitative estimate of drug-likeness (QED) is 0.143. The second-order valence-electron chi connectivity index (χ2n) is 16.3. The van der Waals surface area contributed by atoms with Crippen molar-refractivity contribution in [3.63, 3.8) is 0 Å². The Morgan fingerprint density at radius 3 is 2.47 bits per heavy atom. The predicted octanol–water partition coefficient (Wildman–Crippen LogP) is 9.12. The molecule has 4 fully saturated rings. The van der Waals surface area contributed by atoms with Crippen molar-refractivity contribution in [1.29, 1.82) is 5.26 Å². The maximum Gasteiger partial charge on any atom is 0.407 e. The first-order valence-corrected chi connectivity index (χ1v) is 20.5. The smallest absolute Gasteiger partial charge is 0.407 e. The number of nitriles is 1. The van der Waals surface area contributed by atoms with Crippen LogP contribution in [0.5, 0.6) is 23.3 Å². The first-order valence-electron chi connectivity index (χ1n) is 20.5. The fraction of sp³-hybridized carbons (Fsp3) is 0.319. The summed E-state index contributed by atoms with van der Waals surface area (Å²) in [5.74, 6) is 0.547. The van der Waals surface area contributed by atoms with Gasteiger partial charge in [-0.1, -0.05) is 66.7 Å². The minimum absolute atomic E-state index is 0.0193. The Morgan fingerprint density at radius 1 is 0.900 bits per heavy atom. The zero-order valence-electron chi connectivity index (χ0n) is 32.8. The van der Waals surface area contributed by atoms with Gasteiger partial charge in [0.25, 0.3) is 0 Å². The number of anilines is 1. The molecule has 0 spiro atoms. The highest BCUT2D eigenvalue weighted by molar-refractivity contribution is 6.03.